The first-order chi connectivity index (χ1) is 16.2. The number of methoxy groups -OCH3 is 2. The van der Waals surface area contributed by atoms with Crippen molar-refractivity contribution in [2.45, 2.75) is 6.10 Å². The smallest absolute Gasteiger partial charge is 0.164 e. The largest absolute Gasteiger partial charge is 0.493 e. The number of piperazine rings is 1. The summed E-state index contributed by atoms with van der Waals surface area (Å²) < 4.78 is 16.9. The quantitative estimate of drug-likeness (QED) is 0.647. The fourth-order valence-corrected chi connectivity index (χ4v) is 4.71. The maximum Gasteiger partial charge on any atom is 0.164 e. The summed E-state index contributed by atoms with van der Waals surface area (Å²) in [5.74, 6) is 2.22. The molecule has 1 saturated heterocycles. The van der Waals surface area contributed by atoms with E-state index in [4.69, 9.17) is 19.0 Å². The summed E-state index contributed by atoms with van der Waals surface area (Å²) in [7, 11) is 3.26. The average molecular weight is 450 g/mol. The van der Waals surface area contributed by atoms with E-state index in [1.807, 2.05) is 18.2 Å². The van der Waals surface area contributed by atoms with Crippen molar-refractivity contribution < 1.29 is 19.0 Å². The maximum atomic E-state index is 6.07. The summed E-state index contributed by atoms with van der Waals surface area (Å²) in [5.41, 5.74) is 3.13. The molecule has 0 amide bonds. The first-order valence-corrected chi connectivity index (χ1v) is 11.5. The normalized spacial score (nSPS) is 22.8. The highest BCUT2D eigenvalue weighted by atomic mass is 16.6. The van der Waals surface area contributed by atoms with E-state index in [9.17, 15) is 0 Å². The molecule has 0 N–H and O–H groups in total. The van der Waals surface area contributed by atoms with Crippen LogP contribution in [0.15, 0.2) is 53.7 Å². The van der Waals surface area contributed by atoms with E-state index in [1.54, 1.807) is 14.2 Å². The first-order valence-electron chi connectivity index (χ1n) is 11.5. The lowest BCUT2D eigenvalue weighted by Crippen LogP contribution is -2.50. The zero-order valence-corrected chi connectivity index (χ0v) is 19.3. The molecule has 0 unspecified atom stereocenters. The molecule has 3 heterocycles. The number of ether oxygens (including phenoxy) is 3. The summed E-state index contributed by atoms with van der Waals surface area (Å²) >= 11 is 0. The van der Waals surface area contributed by atoms with Crippen molar-refractivity contribution in [3.8, 4) is 17.2 Å². The lowest BCUT2D eigenvalue weighted by Gasteiger charge is -2.36. The Bertz CT molecular complexity index is 1020. The Balaban J connectivity index is 1.14. The standard InChI is InChI=1S/C26H31N3O4/c1-30-23-15-20-22(16-24(23)31-2)32-18-21-25(33-27-26(20)21)17-29-13-11-28(12-14-29)10-6-9-19-7-4-3-5-8-19/h3-9,15-16,21,25H,10-14,17-18H2,1-2H3/b9-6+/t21-,25-/m1/s1. The van der Waals surface area contributed by atoms with Gasteiger partial charge >= 0.3 is 0 Å². The molecule has 1 fully saturated rings. The minimum Gasteiger partial charge on any atom is -0.493 e. The van der Waals surface area contributed by atoms with E-state index in [0.29, 0.717) is 18.1 Å². The molecular weight excluding hydrogens is 418 g/mol. The number of nitrogens with zero attached hydrogens (tertiary/aromatic N) is 3. The van der Waals surface area contributed by atoms with Gasteiger partial charge in [0.2, 0.25) is 0 Å². The van der Waals surface area contributed by atoms with Crippen molar-refractivity contribution in [2.75, 3.05) is 60.1 Å². The Labute approximate surface area is 195 Å². The highest BCUT2D eigenvalue weighted by Gasteiger charge is 2.41. The van der Waals surface area contributed by atoms with Crippen LogP contribution in [0.3, 0.4) is 0 Å². The second kappa shape index (κ2) is 9.85. The third kappa shape index (κ3) is 4.70. The van der Waals surface area contributed by atoms with Crippen LogP contribution in [-0.2, 0) is 4.84 Å². The molecule has 0 aliphatic carbocycles. The number of hydrogen-bond acceptors (Lipinski definition) is 7. The minimum absolute atomic E-state index is 0.00535. The second-order valence-electron chi connectivity index (χ2n) is 8.66. The van der Waals surface area contributed by atoms with Gasteiger partial charge in [0, 0.05) is 50.9 Å². The van der Waals surface area contributed by atoms with Crippen molar-refractivity contribution in [1.82, 2.24) is 9.80 Å². The van der Waals surface area contributed by atoms with Gasteiger partial charge in [-0.15, -0.1) is 0 Å². The van der Waals surface area contributed by atoms with Gasteiger partial charge in [0.05, 0.1) is 20.1 Å². The van der Waals surface area contributed by atoms with Crippen LogP contribution < -0.4 is 14.2 Å². The Hall–Kier alpha value is -3.03. The second-order valence-corrected chi connectivity index (χ2v) is 8.66. The van der Waals surface area contributed by atoms with E-state index in [0.717, 1.165) is 56.3 Å². The number of oxime groups is 1. The van der Waals surface area contributed by atoms with Gasteiger partial charge in [-0.25, -0.2) is 0 Å². The number of rotatable bonds is 7. The SMILES string of the molecule is COc1cc2c(cc1OC)C1=NO[C@H](CN3CCN(C/C=C/c4ccccc4)CC3)[C@H]1CO2. The summed E-state index contributed by atoms with van der Waals surface area (Å²) in [6, 6.07) is 14.3. The Kier molecular flexibility index (Phi) is 6.51. The van der Waals surface area contributed by atoms with Crippen molar-refractivity contribution in [3.63, 3.8) is 0 Å². The van der Waals surface area contributed by atoms with Gasteiger partial charge in [-0.05, 0) is 11.6 Å². The predicted octanol–water partition coefficient (Wildman–Crippen LogP) is 3.15. The molecule has 33 heavy (non-hydrogen) atoms. The molecule has 2 aromatic rings. The summed E-state index contributed by atoms with van der Waals surface area (Å²) in [6.45, 7) is 6.58. The Morgan fingerprint density at radius 1 is 1.00 bits per heavy atom. The Morgan fingerprint density at radius 2 is 1.73 bits per heavy atom. The highest BCUT2D eigenvalue weighted by Crippen LogP contribution is 2.40. The molecule has 5 rings (SSSR count). The molecule has 0 bridgehead atoms. The fraction of sp³-hybridized carbons (Fsp3) is 0.423. The monoisotopic (exact) mass is 449 g/mol. The molecule has 0 spiro atoms. The van der Waals surface area contributed by atoms with Crippen LogP contribution in [-0.4, -0.2) is 81.7 Å². The molecule has 174 valence electrons. The van der Waals surface area contributed by atoms with Gasteiger partial charge in [-0.1, -0.05) is 47.6 Å². The molecule has 7 nitrogen and oxygen atoms in total. The molecule has 3 aliphatic heterocycles. The van der Waals surface area contributed by atoms with Crippen LogP contribution in [0.2, 0.25) is 0 Å². The van der Waals surface area contributed by atoms with Gasteiger partial charge in [0.1, 0.15) is 18.1 Å². The van der Waals surface area contributed by atoms with E-state index in [1.165, 1.54) is 5.56 Å². The Morgan fingerprint density at radius 3 is 2.48 bits per heavy atom. The number of hydrogen-bond donors (Lipinski definition) is 0. The van der Waals surface area contributed by atoms with Crippen LogP contribution >= 0.6 is 0 Å². The molecule has 2 atom stereocenters. The van der Waals surface area contributed by atoms with Gasteiger partial charge in [-0.2, -0.15) is 0 Å². The molecule has 0 aromatic heterocycles. The van der Waals surface area contributed by atoms with E-state index in [-0.39, 0.29) is 12.0 Å². The molecular formula is C26H31N3O4. The topological polar surface area (TPSA) is 55.8 Å². The molecule has 0 saturated carbocycles. The minimum atomic E-state index is 0.00535. The number of benzene rings is 2. The van der Waals surface area contributed by atoms with Crippen molar-refractivity contribution in [2.24, 2.45) is 11.1 Å². The van der Waals surface area contributed by atoms with Gasteiger partial charge in [0.25, 0.3) is 0 Å². The maximum absolute atomic E-state index is 6.07. The third-order valence-electron chi connectivity index (χ3n) is 6.64. The van der Waals surface area contributed by atoms with Crippen molar-refractivity contribution in [1.29, 1.82) is 0 Å². The lowest BCUT2D eigenvalue weighted by atomic mass is 9.90. The zero-order chi connectivity index (χ0) is 22.6. The van der Waals surface area contributed by atoms with Gasteiger partial charge in [0.15, 0.2) is 17.6 Å². The summed E-state index contributed by atoms with van der Waals surface area (Å²) in [4.78, 5) is 10.9. The fourth-order valence-electron chi connectivity index (χ4n) is 4.71. The van der Waals surface area contributed by atoms with E-state index >= 15 is 0 Å². The first kappa shape index (κ1) is 21.8. The number of fused-ring (bicyclic) bond motifs is 3. The molecule has 0 radical (unpaired) electrons. The van der Waals surface area contributed by atoms with Crippen LogP contribution in [0.25, 0.3) is 6.08 Å². The van der Waals surface area contributed by atoms with Gasteiger partial charge < -0.3 is 19.0 Å². The van der Waals surface area contributed by atoms with Gasteiger partial charge in [-0.3, -0.25) is 9.80 Å². The van der Waals surface area contributed by atoms with Crippen molar-refractivity contribution >= 4 is 11.8 Å². The highest BCUT2D eigenvalue weighted by molar-refractivity contribution is 6.06. The van der Waals surface area contributed by atoms with Crippen LogP contribution in [0.1, 0.15) is 11.1 Å². The summed E-state index contributed by atoms with van der Waals surface area (Å²) in [5, 5.41) is 4.46. The molecule has 7 heteroatoms. The molecule has 2 aromatic carbocycles. The van der Waals surface area contributed by atoms with E-state index < -0.39 is 0 Å². The average Bonchev–Trinajstić information content (AvgIpc) is 3.28. The molecule has 3 aliphatic rings. The predicted molar refractivity (Wildman–Crippen MR) is 128 cm³/mol. The lowest BCUT2D eigenvalue weighted by molar-refractivity contribution is 0.0103. The van der Waals surface area contributed by atoms with Crippen LogP contribution in [0.4, 0.5) is 0 Å². The van der Waals surface area contributed by atoms with Crippen LogP contribution in [0, 0.1) is 5.92 Å². The van der Waals surface area contributed by atoms with E-state index in [2.05, 4.69) is 51.4 Å². The zero-order valence-electron chi connectivity index (χ0n) is 19.3. The van der Waals surface area contributed by atoms with Crippen molar-refractivity contribution in [3.05, 3.63) is 59.7 Å². The van der Waals surface area contributed by atoms with Crippen LogP contribution in [0.5, 0.6) is 17.2 Å². The summed E-state index contributed by atoms with van der Waals surface area (Å²) in [6.07, 6.45) is 4.46. The third-order valence-corrected chi connectivity index (χ3v) is 6.64.